The first kappa shape index (κ1) is 17.9. The lowest BCUT2D eigenvalue weighted by atomic mass is 10.1. The van der Waals surface area contributed by atoms with Gasteiger partial charge in [0.25, 0.3) is 0 Å². The summed E-state index contributed by atoms with van der Waals surface area (Å²) in [7, 11) is 0. The van der Waals surface area contributed by atoms with Gasteiger partial charge >= 0.3 is 0 Å². The van der Waals surface area contributed by atoms with E-state index < -0.39 is 0 Å². The fraction of sp³-hybridized carbons (Fsp3) is 0.174. The molecule has 5 heteroatoms. The number of benzene rings is 2. The minimum absolute atomic E-state index is 0.290. The second-order valence-electron chi connectivity index (χ2n) is 6.79. The number of para-hydroxylation sites is 1. The SMILES string of the molecule is CCC(C)Nc1nc(Nc2cccc3cccnc23)cc(-c2ccccc2)n1. The fourth-order valence-electron chi connectivity index (χ4n) is 3.00. The van der Waals surface area contributed by atoms with Gasteiger partial charge < -0.3 is 10.6 Å². The van der Waals surface area contributed by atoms with Crippen LogP contribution in [0.3, 0.4) is 0 Å². The second-order valence-corrected chi connectivity index (χ2v) is 6.79. The first-order chi connectivity index (χ1) is 13.7. The van der Waals surface area contributed by atoms with E-state index in [9.17, 15) is 0 Å². The normalized spacial score (nSPS) is 11.9. The van der Waals surface area contributed by atoms with Crippen LogP contribution in [0.15, 0.2) is 72.9 Å². The highest BCUT2D eigenvalue weighted by Crippen LogP contribution is 2.27. The third-order valence-corrected chi connectivity index (χ3v) is 4.68. The smallest absolute Gasteiger partial charge is 0.225 e. The number of fused-ring (bicyclic) bond motifs is 1. The quantitative estimate of drug-likeness (QED) is 0.460. The van der Waals surface area contributed by atoms with Crippen molar-refractivity contribution in [1.29, 1.82) is 0 Å². The number of pyridine rings is 1. The number of hydrogen-bond donors (Lipinski definition) is 2. The van der Waals surface area contributed by atoms with Crippen LogP contribution >= 0.6 is 0 Å². The molecule has 2 aromatic carbocycles. The molecule has 0 amide bonds. The summed E-state index contributed by atoms with van der Waals surface area (Å²) in [4.78, 5) is 13.9. The van der Waals surface area contributed by atoms with Gasteiger partial charge in [-0.2, -0.15) is 4.98 Å². The Morgan fingerprint density at radius 3 is 2.57 bits per heavy atom. The van der Waals surface area contributed by atoms with Crippen molar-refractivity contribution in [2.24, 2.45) is 0 Å². The molecule has 1 unspecified atom stereocenters. The van der Waals surface area contributed by atoms with Gasteiger partial charge in [-0.25, -0.2) is 4.98 Å². The van der Waals surface area contributed by atoms with Gasteiger partial charge in [-0.05, 0) is 25.5 Å². The summed E-state index contributed by atoms with van der Waals surface area (Å²) in [6, 6.07) is 22.5. The maximum atomic E-state index is 4.72. The van der Waals surface area contributed by atoms with Gasteiger partial charge in [-0.15, -0.1) is 0 Å². The molecular formula is C23H23N5. The molecule has 0 aliphatic heterocycles. The molecule has 0 aliphatic rings. The average molecular weight is 369 g/mol. The Morgan fingerprint density at radius 1 is 0.929 bits per heavy atom. The Balaban J connectivity index is 1.75. The predicted octanol–water partition coefficient (Wildman–Crippen LogP) is 5.65. The molecule has 1 atom stereocenters. The van der Waals surface area contributed by atoms with Gasteiger partial charge in [0.15, 0.2) is 0 Å². The van der Waals surface area contributed by atoms with Crippen LogP contribution < -0.4 is 10.6 Å². The Labute approximate surface area is 164 Å². The highest BCUT2D eigenvalue weighted by molar-refractivity contribution is 5.91. The van der Waals surface area contributed by atoms with Crippen molar-refractivity contribution >= 4 is 28.4 Å². The molecule has 4 aromatic rings. The van der Waals surface area contributed by atoms with Gasteiger partial charge in [0.05, 0.1) is 16.9 Å². The van der Waals surface area contributed by atoms with Gasteiger partial charge in [0.2, 0.25) is 5.95 Å². The van der Waals surface area contributed by atoms with E-state index in [0.717, 1.165) is 40.1 Å². The minimum Gasteiger partial charge on any atom is -0.352 e. The Hall–Kier alpha value is -3.47. The van der Waals surface area contributed by atoms with Crippen LogP contribution in [-0.4, -0.2) is 21.0 Å². The molecular weight excluding hydrogens is 346 g/mol. The zero-order chi connectivity index (χ0) is 19.3. The van der Waals surface area contributed by atoms with Gasteiger partial charge in [0, 0.05) is 29.3 Å². The number of rotatable bonds is 6. The second kappa shape index (κ2) is 8.05. The Bertz CT molecular complexity index is 1070. The number of nitrogens with zero attached hydrogens (tertiary/aromatic N) is 3. The molecule has 0 fully saturated rings. The van der Waals surface area contributed by atoms with E-state index in [1.807, 2.05) is 42.5 Å². The number of hydrogen-bond acceptors (Lipinski definition) is 5. The van der Waals surface area contributed by atoms with Crippen LogP contribution in [0.2, 0.25) is 0 Å². The van der Waals surface area contributed by atoms with E-state index in [1.54, 1.807) is 6.20 Å². The molecule has 0 saturated carbocycles. The topological polar surface area (TPSA) is 62.7 Å². The molecule has 4 rings (SSSR count). The molecule has 2 aromatic heterocycles. The van der Waals surface area contributed by atoms with E-state index >= 15 is 0 Å². The first-order valence-electron chi connectivity index (χ1n) is 9.55. The van der Waals surface area contributed by atoms with Crippen molar-refractivity contribution in [1.82, 2.24) is 15.0 Å². The number of aromatic nitrogens is 3. The van der Waals surface area contributed by atoms with Crippen LogP contribution in [0.25, 0.3) is 22.2 Å². The molecule has 0 saturated heterocycles. The molecule has 28 heavy (non-hydrogen) atoms. The van der Waals surface area contributed by atoms with Crippen LogP contribution in [0.5, 0.6) is 0 Å². The third kappa shape index (κ3) is 3.93. The maximum absolute atomic E-state index is 4.72. The summed E-state index contributed by atoms with van der Waals surface area (Å²) < 4.78 is 0. The zero-order valence-electron chi connectivity index (χ0n) is 16.1. The van der Waals surface area contributed by atoms with Crippen molar-refractivity contribution in [3.63, 3.8) is 0 Å². The van der Waals surface area contributed by atoms with E-state index in [2.05, 4.69) is 58.7 Å². The van der Waals surface area contributed by atoms with Crippen LogP contribution in [0.4, 0.5) is 17.5 Å². The van der Waals surface area contributed by atoms with Crippen LogP contribution in [-0.2, 0) is 0 Å². The Kier molecular flexibility index (Phi) is 5.15. The van der Waals surface area contributed by atoms with E-state index in [1.165, 1.54) is 0 Å². The maximum Gasteiger partial charge on any atom is 0.225 e. The highest BCUT2D eigenvalue weighted by Gasteiger charge is 2.10. The van der Waals surface area contributed by atoms with Crippen LogP contribution in [0, 0.1) is 0 Å². The number of anilines is 3. The summed E-state index contributed by atoms with van der Waals surface area (Å²) in [5.74, 6) is 1.35. The molecule has 2 N–H and O–H groups in total. The van der Waals surface area contributed by atoms with Crippen molar-refractivity contribution < 1.29 is 0 Å². The summed E-state index contributed by atoms with van der Waals surface area (Å²) in [5.41, 5.74) is 3.76. The molecule has 5 nitrogen and oxygen atoms in total. The first-order valence-corrected chi connectivity index (χ1v) is 9.55. The summed E-state index contributed by atoms with van der Waals surface area (Å²) in [6.45, 7) is 4.26. The van der Waals surface area contributed by atoms with Crippen molar-refractivity contribution in [3.05, 3.63) is 72.9 Å². The van der Waals surface area contributed by atoms with Crippen molar-refractivity contribution in [2.75, 3.05) is 10.6 Å². The minimum atomic E-state index is 0.290. The summed E-state index contributed by atoms with van der Waals surface area (Å²) >= 11 is 0. The van der Waals surface area contributed by atoms with E-state index in [-0.39, 0.29) is 6.04 Å². The summed E-state index contributed by atoms with van der Waals surface area (Å²) in [6.07, 6.45) is 2.80. The molecule has 2 heterocycles. The molecule has 0 aliphatic carbocycles. The average Bonchev–Trinajstić information content (AvgIpc) is 2.74. The van der Waals surface area contributed by atoms with Gasteiger partial charge in [0.1, 0.15) is 5.82 Å². The van der Waals surface area contributed by atoms with E-state index in [0.29, 0.717) is 5.95 Å². The zero-order valence-corrected chi connectivity index (χ0v) is 16.1. The standard InChI is InChI=1S/C23H23N5/c1-3-16(2)25-23-27-20(17-9-5-4-6-10-17)15-21(28-23)26-19-13-7-11-18-12-8-14-24-22(18)19/h4-16H,3H2,1-2H3,(H2,25,26,27,28). The highest BCUT2D eigenvalue weighted by atomic mass is 15.2. The van der Waals surface area contributed by atoms with Crippen molar-refractivity contribution in [2.45, 2.75) is 26.3 Å². The predicted molar refractivity (Wildman–Crippen MR) is 116 cm³/mol. The molecule has 0 radical (unpaired) electrons. The lowest BCUT2D eigenvalue weighted by molar-refractivity contribution is 0.753. The lowest BCUT2D eigenvalue weighted by Gasteiger charge is -2.15. The third-order valence-electron chi connectivity index (χ3n) is 4.68. The van der Waals surface area contributed by atoms with E-state index in [4.69, 9.17) is 4.98 Å². The fourth-order valence-corrected chi connectivity index (χ4v) is 3.00. The monoisotopic (exact) mass is 369 g/mol. The van der Waals surface area contributed by atoms with Crippen LogP contribution in [0.1, 0.15) is 20.3 Å². The Morgan fingerprint density at radius 2 is 1.75 bits per heavy atom. The summed E-state index contributed by atoms with van der Waals surface area (Å²) in [5, 5.41) is 7.91. The van der Waals surface area contributed by atoms with Gasteiger partial charge in [-0.1, -0.05) is 55.5 Å². The van der Waals surface area contributed by atoms with Gasteiger partial charge in [-0.3, -0.25) is 4.98 Å². The largest absolute Gasteiger partial charge is 0.352 e. The molecule has 0 spiro atoms. The number of nitrogens with one attached hydrogen (secondary N) is 2. The van der Waals surface area contributed by atoms with Crippen molar-refractivity contribution in [3.8, 4) is 11.3 Å². The lowest BCUT2D eigenvalue weighted by Crippen LogP contribution is -2.16. The molecule has 140 valence electrons. The molecule has 0 bridgehead atoms.